The van der Waals surface area contributed by atoms with Crippen LogP contribution in [0.1, 0.15) is 37.3 Å². The summed E-state index contributed by atoms with van der Waals surface area (Å²) >= 11 is 0. The Labute approximate surface area is 131 Å². The van der Waals surface area contributed by atoms with Crippen LogP contribution in [0, 0.1) is 11.8 Å². The summed E-state index contributed by atoms with van der Waals surface area (Å²) in [5, 5.41) is 0. The van der Waals surface area contributed by atoms with Crippen molar-refractivity contribution >= 4 is 5.91 Å². The Morgan fingerprint density at radius 3 is 2.68 bits per heavy atom. The number of benzene rings is 1. The molecule has 1 amide bonds. The molecule has 1 saturated carbocycles. The molecular formula is C18H23NO3. The van der Waals surface area contributed by atoms with Crippen LogP contribution in [0.15, 0.2) is 12.1 Å². The lowest BCUT2D eigenvalue weighted by Crippen LogP contribution is -2.49. The molecule has 2 aliphatic heterocycles. The van der Waals surface area contributed by atoms with Crippen molar-refractivity contribution in [2.24, 2.45) is 11.8 Å². The minimum atomic E-state index is -0.0936. The van der Waals surface area contributed by atoms with Gasteiger partial charge in [-0.3, -0.25) is 4.79 Å². The number of ether oxygens (including phenoxy) is 2. The summed E-state index contributed by atoms with van der Waals surface area (Å²) in [4.78, 5) is 14.6. The van der Waals surface area contributed by atoms with Crippen LogP contribution >= 0.6 is 0 Å². The van der Waals surface area contributed by atoms with Crippen molar-refractivity contribution in [1.29, 1.82) is 0 Å². The first-order valence-corrected chi connectivity index (χ1v) is 8.16. The van der Waals surface area contributed by atoms with E-state index in [1.54, 1.807) is 14.2 Å². The predicted molar refractivity (Wildman–Crippen MR) is 83.1 cm³/mol. The highest BCUT2D eigenvalue weighted by Gasteiger charge is 2.59. The normalized spacial score (nSPS) is 32.5. The number of carbonyl (C=O) groups excluding carboxylic acids is 1. The average molecular weight is 301 g/mol. The van der Waals surface area contributed by atoms with Gasteiger partial charge in [-0.15, -0.1) is 0 Å². The van der Waals surface area contributed by atoms with Gasteiger partial charge in [-0.1, -0.05) is 6.92 Å². The summed E-state index contributed by atoms with van der Waals surface area (Å²) in [7, 11) is 3.36. The summed E-state index contributed by atoms with van der Waals surface area (Å²) in [5.41, 5.74) is 2.53. The molecule has 2 heterocycles. The van der Waals surface area contributed by atoms with Crippen LogP contribution in [0.3, 0.4) is 0 Å². The summed E-state index contributed by atoms with van der Waals surface area (Å²) in [6, 6.07) is 4.24. The van der Waals surface area contributed by atoms with E-state index in [1.807, 2.05) is 0 Å². The van der Waals surface area contributed by atoms with Crippen molar-refractivity contribution in [3.8, 4) is 11.5 Å². The third-order valence-electron chi connectivity index (χ3n) is 5.91. The van der Waals surface area contributed by atoms with E-state index in [0.29, 0.717) is 24.2 Å². The summed E-state index contributed by atoms with van der Waals surface area (Å²) in [6.45, 7) is 3.15. The first-order valence-electron chi connectivity index (χ1n) is 8.16. The second-order valence-electron chi connectivity index (χ2n) is 7.03. The summed E-state index contributed by atoms with van der Waals surface area (Å²) < 4.78 is 11.0. The highest BCUT2D eigenvalue weighted by atomic mass is 16.5. The van der Waals surface area contributed by atoms with Gasteiger partial charge >= 0.3 is 0 Å². The van der Waals surface area contributed by atoms with E-state index in [0.717, 1.165) is 37.3 Å². The Bertz CT molecular complexity index is 641. The van der Waals surface area contributed by atoms with Gasteiger partial charge in [0.1, 0.15) is 0 Å². The maximum absolute atomic E-state index is 12.5. The number of rotatable bonds is 2. The van der Waals surface area contributed by atoms with Gasteiger partial charge in [0.2, 0.25) is 5.91 Å². The number of hydrogen-bond acceptors (Lipinski definition) is 3. The molecule has 3 aliphatic rings. The molecule has 4 nitrogen and oxygen atoms in total. The van der Waals surface area contributed by atoms with E-state index >= 15 is 0 Å². The lowest BCUT2D eigenvalue weighted by molar-refractivity contribution is -0.132. The number of amides is 1. The minimum Gasteiger partial charge on any atom is -0.493 e. The fraction of sp³-hybridized carbons (Fsp3) is 0.611. The van der Waals surface area contributed by atoms with Crippen LogP contribution in [-0.4, -0.2) is 31.6 Å². The fourth-order valence-electron chi connectivity index (χ4n) is 5.15. The van der Waals surface area contributed by atoms with Gasteiger partial charge in [0.25, 0.3) is 0 Å². The average Bonchev–Trinajstić information content (AvgIpc) is 2.95. The van der Waals surface area contributed by atoms with Gasteiger partial charge < -0.3 is 14.4 Å². The number of methoxy groups -OCH3 is 2. The molecule has 0 N–H and O–H groups in total. The first-order chi connectivity index (χ1) is 10.6. The first kappa shape index (κ1) is 13.9. The molecule has 4 heteroatoms. The molecule has 1 aromatic carbocycles. The molecule has 3 atom stereocenters. The third kappa shape index (κ3) is 1.61. The Kier molecular flexibility index (Phi) is 2.94. The maximum atomic E-state index is 12.5. The monoisotopic (exact) mass is 301 g/mol. The Morgan fingerprint density at radius 1 is 1.23 bits per heavy atom. The lowest BCUT2D eigenvalue weighted by Gasteiger charge is -2.44. The fourth-order valence-corrected chi connectivity index (χ4v) is 5.15. The second kappa shape index (κ2) is 4.64. The highest BCUT2D eigenvalue weighted by molar-refractivity contribution is 5.82. The van der Waals surface area contributed by atoms with Crippen molar-refractivity contribution in [3.05, 3.63) is 23.3 Å². The van der Waals surface area contributed by atoms with Crippen LogP contribution < -0.4 is 9.47 Å². The topological polar surface area (TPSA) is 38.8 Å². The van der Waals surface area contributed by atoms with E-state index in [4.69, 9.17) is 9.47 Å². The van der Waals surface area contributed by atoms with Crippen LogP contribution in [0.4, 0.5) is 0 Å². The Hall–Kier alpha value is -1.71. The van der Waals surface area contributed by atoms with Gasteiger partial charge in [0.05, 0.1) is 19.8 Å². The van der Waals surface area contributed by atoms with Gasteiger partial charge in [0.15, 0.2) is 11.5 Å². The van der Waals surface area contributed by atoms with Crippen molar-refractivity contribution in [1.82, 2.24) is 4.90 Å². The molecule has 1 spiro atoms. The smallest absolute Gasteiger partial charge is 0.223 e. The quantitative estimate of drug-likeness (QED) is 0.843. The van der Waals surface area contributed by atoms with Gasteiger partial charge in [-0.2, -0.15) is 0 Å². The third-order valence-corrected chi connectivity index (χ3v) is 5.91. The van der Waals surface area contributed by atoms with Crippen LogP contribution in [0.25, 0.3) is 0 Å². The van der Waals surface area contributed by atoms with Gasteiger partial charge in [-0.25, -0.2) is 0 Å². The van der Waals surface area contributed by atoms with Gasteiger partial charge in [-0.05, 0) is 54.4 Å². The van der Waals surface area contributed by atoms with Crippen molar-refractivity contribution in [2.45, 2.75) is 38.1 Å². The van der Waals surface area contributed by atoms with Crippen molar-refractivity contribution in [2.75, 3.05) is 20.8 Å². The van der Waals surface area contributed by atoms with E-state index in [-0.39, 0.29) is 5.54 Å². The van der Waals surface area contributed by atoms with Gasteiger partial charge in [0, 0.05) is 13.0 Å². The summed E-state index contributed by atoms with van der Waals surface area (Å²) in [6.07, 6.45) is 3.84. The molecule has 4 rings (SSSR count). The number of carbonyl (C=O) groups is 1. The standard InChI is InChI=1S/C18H23NO3/c1-11-6-13-8-17(20)19-5-4-12-7-15(21-2)16(22-3)9-14(12)18(13,19)10-11/h7,9,11,13H,4-6,8,10H2,1-3H3/t11-,13-,18-/m1/s1. The minimum absolute atomic E-state index is 0.0936. The zero-order chi connectivity index (χ0) is 15.5. The molecule has 0 unspecified atom stereocenters. The largest absolute Gasteiger partial charge is 0.493 e. The maximum Gasteiger partial charge on any atom is 0.223 e. The molecule has 22 heavy (non-hydrogen) atoms. The van der Waals surface area contributed by atoms with Crippen LogP contribution in [-0.2, 0) is 16.8 Å². The van der Waals surface area contributed by atoms with Crippen LogP contribution in [0.5, 0.6) is 11.5 Å². The van der Waals surface area contributed by atoms with Crippen molar-refractivity contribution in [3.63, 3.8) is 0 Å². The molecule has 1 aromatic rings. The number of fused-ring (bicyclic) bond motifs is 1. The molecule has 2 fully saturated rings. The second-order valence-corrected chi connectivity index (χ2v) is 7.03. The lowest BCUT2D eigenvalue weighted by atomic mass is 9.75. The molecule has 118 valence electrons. The molecule has 1 saturated heterocycles. The van der Waals surface area contributed by atoms with E-state index in [9.17, 15) is 4.79 Å². The molecule has 1 aliphatic carbocycles. The van der Waals surface area contributed by atoms with E-state index < -0.39 is 0 Å². The Balaban J connectivity index is 1.92. The van der Waals surface area contributed by atoms with Crippen LogP contribution in [0.2, 0.25) is 0 Å². The predicted octanol–water partition coefficient (Wildman–Crippen LogP) is 2.73. The molecular weight excluding hydrogens is 278 g/mol. The molecule has 0 aromatic heterocycles. The SMILES string of the molecule is COc1cc2c(cc1OC)[C@@]13C[C@H](C)C[C@@H]1CC(=O)N3CC2. The number of hydrogen-bond donors (Lipinski definition) is 0. The molecule has 0 bridgehead atoms. The highest BCUT2D eigenvalue weighted by Crippen LogP contribution is 2.59. The molecule has 0 radical (unpaired) electrons. The Morgan fingerprint density at radius 2 is 1.95 bits per heavy atom. The van der Waals surface area contributed by atoms with E-state index in [1.165, 1.54) is 11.1 Å². The summed E-state index contributed by atoms with van der Waals surface area (Å²) in [5.74, 6) is 3.01. The number of nitrogens with zero attached hydrogens (tertiary/aromatic N) is 1. The van der Waals surface area contributed by atoms with Crippen molar-refractivity contribution < 1.29 is 14.3 Å². The van der Waals surface area contributed by atoms with E-state index in [2.05, 4.69) is 24.0 Å². The zero-order valence-electron chi connectivity index (χ0n) is 13.5. The zero-order valence-corrected chi connectivity index (χ0v) is 13.5.